The first-order valence-electron chi connectivity index (χ1n) is 12.7. The Morgan fingerprint density at radius 2 is 1.60 bits per heavy atom. The van der Waals surface area contributed by atoms with Gasteiger partial charge < -0.3 is 10.6 Å². The molecule has 2 heterocycles. The van der Waals surface area contributed by atoms with E-state index in [0.717, 1.165) is 74.0 Å². The Morgan fingerprint density at radius 3 is 2.26 bits per heavy atom. The molecule has 1 aliphatic heterocycles. The van der Waals surface area contributed by atoms with Crippen molar-refractivity contribution in [3.05, 3.63) is 93.4 Å². The SMILES string of the molecule is O=C(CN1CCC(Nc2nc3c(c(=O)[nH]2)CCCC3)CC1)NC(c1ccccc1)c1ccccc1. The summed E-state index contributed by atoms with van der Waals surface area (Å²) < 4.78 is 0. The number of nitrogens with zero attached hydrogens (tertiary/aromatic N) is 2. The molecule has 3 aromatic rings. The minimum Gasteiger partial charge on any atom is -0.353 e. The van der Waals surface area contributed by atoms with E-state index in [0.29, 0.717) is 12.5 Å². The van der Waals surface area contributed by atoms with Crippen molar-refractivity contribution < 1.29 is 4.79 Å². The van der Waals surface area contributed by atoms with Gasteiger partial charge in [-0.1, -0.05) is 60.7 Å². The molecule has 0 spiro atoms. The minimum absolute atomic E-state index is 0.00214. The van der Waals surface area contributed by atoms with Crippen molar-refractivity contribution in [3.8, 4) is 0 Å². The third-order valence-corrected chi connectivity index (χ3v) is 7.06. The number of H-pyrrole nitrogens is 1. The number of likely N-dealkylation sites (tertiary alicyclic amines) is 1. The molecule has 35 heavy (non-hydrogen) atoms. The molecule has 0 radical (unpaired) electrons. The lowest BCUT2D eigenvalue weighted by atomic mass is 9.97. The van der Waals surface area contributed by atoms with E-state index in [1.54, 1.807) is 0 Å². The van der Waals surface area contributed by atoms with Gasteiger partial charge >= 0.3 is 0 Å². The molecule has 1 amide bonds. The van der Waals surface area contributed by atoms with Crippen LogP contribution in [0.25, 0.3) is 0 Å². The third kappa shape index (κ3) is 5.80. The van der Waals surface area contributed by atoms with E-state index < -0.39 is 0 Å². The maximum atomic E-state index is 13.0. The Labute approximate surface area is 206 Å². The number of piperidine rings is 1. The van der Waals surface area contributed by atoms with Gasteiger partial charge in [-0.3, -0.25) is 19.5 Å². The lowest BCUT2D eigenvalue weighted by molar-refractivity contribution is -0.123. The van der Waals surface area contributed by atoms with Crippen LogP contribution in [0.2, 0.25) is 0 Å². The molecule has 0 atom stereocenters. The van der Waals surface area contributed by atoms with E-state index in [9.17, 15) is 9.59 Å². The maximum absolute atomic E-state index is 13.0. The Morgan fingerprint density at radius 1 is 0.971 bits per heavy atom. The van der Waals surface area contributed by atoms with Crippen molar-refractivity contribution in [2.24, 2.45) is 0 Å². The fourth-order valence-corrected chi connectivity index (χ4v) is 5.16. The summed E-state index contributed by atoms with van der Waals surface area (Å²) in [6.45, 7) is 2.01. The van der Waals surface area contributed by atoms with Crippen molar-refractivity contribution in [1.82, 2.24) is 20.2 Å². The van der Waals surface area contributed by atoms with E-state index in [1.807, 2.05) is 60.7 Å². The molecule has 7 nitrogen and oxygen atoms in total. The number of fused-ring (bicyclic) bond motifs is 1. The number of carbonyl (C=O) groups excluding carboxylic acids is 1. The first-order valence-corrected chi connectivity index (χ1v) is 12.7. The van der Waals surface area contributed by atoms with Crippen molar-refractivity contribution in [2.75, 3.05) is 25.0 Å². The number of hydrogen-bond acceptors (Lipinski definition) is 5. The van der Waals surface area contributed by atoms with E-state index in [1.165, 1.54) is 0 Å². The van der Waals surface area contributed by atoms with Gasteiger partial charge in [-0.2, -0.15) is 0 Å². The van der Waals surface area contributed by atoms with Crippen LogP contribution >= 0.6 is 0 Å². The number of nitrogens with one attached hydrogen (secondary N) is 3. The minimum atomic E-state index is -0.170. The van der Waals surface area contributed by atoms with Gasteiger partial charge in [0.2, 0.25) is 11.9 Å². The van der Waals surface area contributed by atoms with Gasteiger partial charge in [0, 0.05) is 24.7 Å². The van der Waals surface area contributed by atoms with E-state index in [2.05, 4.69) is 25.5 Å². The number of benzene rings is 2. The predicted molar refractivity (Wildman–Crippen MR) is 137 cm³/mol. The van der Waals surface area contributed by atoms with E-state index in [4.69, 9.17) is 0 Å². The van der Waals surface area contributed by atoms with Gasteiger partial charge in [0.1, 0.15) is 0 Å². The van der Waals surface area contributed by atoms with Crippen LogP contribution in [0.15, 0.2) is 65.5 Å². The summed E-state index contributed by atoms with van der Waals surface area (Å²) in [6.07, 6.45) is 5.67. The summed E-state index contributed by atoms with van der Waals surface area (Å²) >= 11 is 0. The Kier molecular flexibility index (Phi) is 7.23. The quantitative estimate of drug-likeness (QED) is 0.491. The fraction of sp³-hybridized carbons (Fsp3) is 0.393. The van der Waals surface area contributed by atoms with Gasteiger partial charge in [-0.15, -0.1) is 0 Å². The molecule has 0 unspecified atom stereocenters. The molecule has 3 N–H and O–H groups in total. The van der Waals surface area contributed by atoms with Crippen LogP contribution in [0.5, 0.6) is 0 Å². The van der Waals surface area contributed by atoms with Gasteiger partial charge in [0.25, 0.3) is 5.56 Å². The molecular formula is C28H33N5O2. The molecule has 0 bridgehead atoms. The number of hydrogen-bond donors (Lipinski definition) is 3. The second-order valence-electron chi connectivity index (χ2n) is 9.56. The Bertz CT molecular complexity index is 1150. The molecule has 2 aliphatic rings. The van der Waals surface area contributed by atoms with Gasteiger partial charge in [-0.25, -0.2) is 4.98 Å². The predicted octanol–water partition coefficient (Wildman–Crippen LogP) is 3.43. The summed E-state index contributed by atoms with van der Waals surface area (Å²) in [5.74, 6) is 0.607. The van der Waals surface area contributed by atoms with Crippen LogP contribution in [0.3, 0.4) is 0 Å². The first-order chi connectivity index (χ1) is 17.2. The second-order valence-corrected chi connectivity index (χ2v) is 9.56. The Hall–Kier alpha value is -3.45. The van der Waals surface area contributed by atoms with Crippen molar-refractivity contribution >= 4 is 11.9 Å². The fourth-order valence-electron chi connectivity index (χ4n) is 5.16. The van der Waals surface area contributed by atoms with E-state index in [-0.39, 0.29) is 23.6 Å². The summed E-state index contributed by atoms with van der Waals surface area (Å²) in [7, 11) is 0. The molecule has 1 aliphatic carbocycles. The molecule has 1 fully saturated rings. The highest BCUT2D eigenvalue weighted by molar-refractivity contribution is 5.79. The number of aromatic nitrogens is 2. The highest BCUT2D eigenvalue weighted by Crippen LogP contribution is 2.22. The van der Waals surface area contributed by atoms with Crippen LogP contribution in [0.4, 0.5) is 5.95 Å². The molecule has 1 saturated heterocycles. The summed E-state index contributed by atoms with van der Waals surface area (Å²) in [5, 5.41) is 6.66. The van der Waals surface area contributed by atoms with Gasteiger partial charge in [-0.05, 0) is 49.7 Å². The van der Waals surface area contributed by atoms with Crippen LogP contribution in [0, 0.1) is 0 Å². The number of carbonyl (C=O) groups is 1. The molecule has 182 valence electrons. The molecule has 5 rings (SSSR count). The van der Waals surface area contributed by atoms with Crippen molar-refractivity contribution in [1.29, 1.82) is 0 Å². The number of anilines is 1. The third-order valence-electron chi connectivity index (χ3n) is 7.06. The number of amides is 1. The summed E-state index contributed by atoms with van der Waals surface area (Å²) in [5.41, 5.74) is 3.94. The molecule has 7 heteroatoms. The van der Waals surface area contributed by atoms with E-state index >= 15 is 0 Å². The largest absolute Gasteiger partial charge is 0.353 e. The lowest BCUT2D eigenvalue weighted by Gasteiger charge is -2.32. The van der Waals surface area contributed by atoms with Crippen LogP contribution < -0.4 is 16.2 Å². The standard InChI is InChI=1S/C28H33N5O2/c34-25(31-26(20-9-3-1-4-10-20)21-11-5-2-6-12-21)19-33-17-15-22(16-18-33)29-28-30-24-14-8-7-13-23(24)27(35)32-28/h1-6,9-12,22,26H,7-8,13-19H2,(H,31,34)(H2,29,30,32,35). The highest BCUT2D eigenvalue weighted by Gasteiger charge is 2.24. The van der Waals surface area contributed by atoms with Crippen LogP contribution in [0.1, 0.15) is 54.1 Å². The van der Waals surface area contributed by atoms with Gasteiger partial charge in [0.15, 0.2) is 0 Å². The zero-order valence-electron chi connectivity index (χ0n) is 20.0. The van der Waals surface area contributed by atoms with Gasteiger partial charge in [0.05, 0.1) is 18.3 Å². The zero-order valence-corrected chi connectivity index (χ0v) is 20.0. The normalized spacial score (nSPS) is 16.6. The maximum Gasteiger partial charge on any atom is 0.255 e. The number of aromatic amines is 1. The second kappa shape index (κ2) is 10.9. The van der Waals surface area contributed by atoms with Crippen LogP contribution in [-0.2, 0) is 17.6 Å². The highest BCUT2D eigenvalue weighted by atomic mass is 16.2. The number of rotatable bonds is 7. The summed E-state index contributed by atoms with van der Waals surface area (Å²) in [4.78, 5) is 35.2. The molecular weight excluding hydrogens is 438 g/mol. The first kappa shape index (κ1) is 23.3. The molecule has 1 aromatic heterocycles. The lowest BCUT2D eigenvalue weighted by Crippen LogP contribution is -2.45. The van der Waals surface area contributed by atoms with Crippen molar-refractivity contribution in [2.45, 2.75) is 50.6 Å². The molecule has 2 aromatic carbocycles. The Balaban J connectivity index is 1.16. The average Bonchev–Trinajstić information content (AvgIpc) is 2.89. The topological polar surface area (TPSA) is 90.1 Å². The summed E-state index contributed by atoms with van der Waals surface area (Å²) in [6, 6.07) is 20.2. The van der Waals surface area contributed by atoms with Crippen molar-refractivity contribution in [3.63, 3.8) is 0 Å². The smallest absolute Gasteiger partial charge is 0.255 e. The zero-order chi connectivity index (χ0) is 24.0. The van der Waals surface area contributed by atoms with Crippen LogP contribution in [-0.4, -0.2) is 46.5 Å². The molecule has 0 saturated carbocycles. The number of aryl methyl sites for hydroxylation is 1. The average molecular weight is 472 g/mol. The monoisotopic (exact) mass is 471 g/mol.